The topological polar surface area (TPSA) is 21.3 Å². The standard InChI is InChI=1S/C20H25Br2NO/c1-3-11-24-20-18(21)12-17(13-19(20)22)14-23-15(2)9-10-16-7-5-4-6-8-16/h4-8,12-13,15,23H,3,9-11,14H2,1-2H3. The molecule has 0 saturated heterocycles. The van der Waals surface area contributed by atoms with E-state index >= 15 is 0 Å². The molecule has 2 aromatic rings. The Hall–Kier alpha value is -0.840. The Morgan fingerprint density at radius 3 is 2.33 bits per heavy atom. The Kier molecular flexibility index (Phi) is 8.30. The summed E-state index contributed by atoms with van der Waals surface area (Å²) in [6, 6.07) is 15.4. The van der Waals surface area contributed by atoms with E-state index in [-0.39, 0.29) is 0 Å². The number of benzene rings is 2. The number of ether oxygens (including phenoxy) is 1. The molecule has 0 amide bonds. The zero-order valence-corrected chi connectivity index (χ0v) is 17.5. The van der Waals surface area contributed by atoms with Crippen molar-refractivity contribution in [3.05, 3.63) is 62.5 Å². The van der Waals surface area contributed by atoms with Gasteiger partial charge in [0.1, 0.15) is 5.75 Å². The van der Waals surface area contributed by atoms with Crippen LogP contribution in [0.2, 0.25) is 0 Å². The molecule has 0 radical (unpaired) electrons. The van der Waals surface area contributed by atoms with E-state index in [1.165, 1.54) is 11.1 Å². The van der Waals surface area contributed by atoms with Gasteiger partial charge in [-0.05, 0) is 81.3 Å². The summed E-state index contributed by atoms with van der Waals surface area (Å²) in [7, 11) is 0. The van der Waals surface area contributed by atoms with Crippen LogP contribution in [0, 0.1) is 0 Å². The molecule has 1 unspecified atom stereocenters. The second-order valence-corrected chi connectivity index (χ2v) is 7.75. The number of aryl methyl sites for hydroxylation is 1. The summed E-state index contributed by atoms with van der Waals surface area (Å²) in [5.41, 5.74) is 2.64. The van der Waals surface area contributed by atoms with Gasteiger partial charge in [0.05, 0.1) is 15.6 Å². The first-order valence-corrected chi connectivity index (χ1v) is 10.1. The van der Waals surface area contributed by atoms with Crippen LogP contribution in [0.15, 0.2) is 51.4 Å². The van der Waals surface area contributed by atoms with Gasteiger partial charge in [-0.2, -0.15) is 0 Å². The summed E-state index contributed by atoms with van der Waals surface area (Å²) in [6.07, 6.45) is 3.23. The van der Waals surface area contributed by atoms with Gasteiger partial charge in [0.2, 0.25) is 0 Å². The number of rotatable bonds is 9. The molecule has 2 aromatic carbocycles. The van der Waals surface area contributed by atoms with Crippen LogP contribution in [-0.2, 0) is 13.0 Å². The largest absolute Gasteiger partial charge is 0.491 e. The van der Waals surface area contributed by atoms with Crippen molar-refractivity contribution in [2.75, 3.05) is 6.61 Å². The molecular weight excluding hydrogens is 430 g/mol. The van der Waals surface area contributed by atoms with E-state index in [1.807, 2.05) is 0 Å². The third-order valence-corrected chi connectivity index (χ3v) is 5.05. The number of nitrogens with one attached hydrogen (secondary N) is 1. The molecule has 130 valence electrons. The van der Waals surface area contributed by atoms with Gasteiger partial charge in [-0.1, -0.05) is 37.3 Å². The van der Waals surface area contributed by atoms with Gasteiger partial charge in [-0.15, -0.1) is 0 Å². The highest BCUT2D eigenvalue weighted by atomic mass is 79.9. The van der Waals surface area contributed by atoms with Crippen LogP contribution in [0.25, 0.3) is 0 Å². The third kappa shape index (κ3) is 6.23. The summed E-state index contributed by atoms with van der Waals surface area (Å²) < 4.78 is 7.77. The lowest BCUT2D eigenvalue weighted by molar-refractivity contribution is 0.313. The van der Waals surface area contributed by atoms with Crippen LogP contribution in [-0.4, -0.2) is 12.6 Å². The summed E-state index contributed by atoms with van der Waals surface area (Å²) >= 11 is 7.23. The zero-order chi connectivity index (χ0) is 17.4. The van der Waals surface area contributed by atoms with E-state index in [9.17, 15) is 0 Å². The lowest BCUT2D eigenvalue weighted by atomic mass is 10.1. The number of halogens is 2. The van der Waals surface area contributed by atoms with Gasteiger partial charge in [-0.25, -0.2) is 0 Å². The van der Waals surface area contributed by atoms with Gasteiger partial charge in [0.15, 0.2) is 0 Å². The fourth-order valence-corrected chi connectivity index (χ4v) is 3.99. The predicted octanol–water partition coefficient (Wildman–Crippen LogP) is 6.11. The average molecular weight is 455 g/mol. The minimum Gasteiger partial charge on any atom is -0.491 e. The van der Waals surface area contributed by atoms with Crippen molar-refractivity contribution < 1.29 is 4.74 Å². The van der Waals surface area contributed by atoms with E-state index in [2.05, 4.69) is 93.5 Å². The van der Waals surface area contributed by atoms with Crippen LogP contribution >= 0.6 is 31.9 Å². The van der Waals surface area contributed by atoms with Gasteiger partial charge < -0.3 is 10.1 Å². The van der Waals surface area contributed by atoms with Crippen molar-refractivity contribution in [1.82, 2.24) is 5.32 Å². The first-order valence-electron chi connectivity index (χ1n) is 8.48. The van der Waals surface area contributed by atoms with E-state index in [4.69, 9.17) is 4.74 Å². The molecule has 2 rings (SSSR count). The monoisotopic (exact) mass is 453 g/mol. The van der Waals surface area contributed by atoms with Crippen molar-refractivity contribution >= 4 is 31.9 Å². The van der Waals surface area contributed by atoms with Crippen LogP contribution in [0.1, 0.15) is 37.8 Å². The Labute approximate surface area is 162 Å². The summed E-state index contributed by atoms with van der Waals surface area (Å²) in [5, 5.41) is 3.60. The number of hydrogen-bond donors (Lipinski definition) is 1. The molecule has 0 aliphatic heterocycles. The highest BCUT2D eigenvalue weighted by molar-refractivity contribution is 9.11. The molecule has 24 heavy (non-hydrogen) atoms. The zero-order valence-electron chi connectivity index (χ0n) is 14.3. The van der Waals surface area contributed by atoms with E-state index in [1.54, 1.807) is 0 Å². The molecule has 0 aliphatic carbocycles. The van der Waals surface area contributed by atoms with Crippen molar-refractivity contribution in [3.63, 3.8) is 0 Å². The maximum atomic E-state index is 5.77. The fraction of sp³-hybridized carbons (Fsp3) is 0.400. The fourth-order valence-electron chi connectivity index (χ4n) is 2.48. The van der Waals surface area contributed by atoms with Crippen LogP contribution in [0.3, 0.4) is 0 Å². The van der Waals surface area contributed by atoms with E-state index < -0.39 is 0 Å². The average Bonchev–Trinajstić information content (AvgIpc) is 2.58. The van der Waals surface area contributed by atoms with Crippen LogP contribution in [0.5, 0.6) is 5.75 Å². The second kappa shape index (κ2) is 10.2. The summed E-state index contributed by atoms with van der Waals surface area (Å²) in [5.74, 6) is 0.887. The lowest BCUT2D eigenvalue weighted by Gasteiger charge is -2.16. The number of hydrogen-bond acceptors (Lipinski definition) is 2. The van der Waals surface area contributed by atoms with Crippen LogP contribution < -0.4 is 10.1 Å². The maximum Gasteiger partial charge on any atom is 0.147 e. The van der Waals surface area contributed by atoms with Crippen molar-refractivity contribution in [1.29, 1.82) is 0 Å². The molecule has 2 nitrogen and oxygen atoms in total. The molecule has 0 spiro atoms. The van der Waals surface area contributed by atoms with Crippen LogP contribution in [0.4, 0.5) is 0 Å². The smallest absolute Gasteiger partial charge is 0.147 e. The third-order valence-electron chi connectivity index (χ3n) is 3.87. The normalized spacial score (nSPS) is 12.2. The molecule has 0 aliphatic rings. The molecule has 1 N–H and O–H groups in total. The quantitative estimate of drug-likeness (QED) is 0.493. The molecule has 0 saturated carbocycles. The highest BCUT2D eigenvalue weighted by Gasteiger charge is 2.10. The highest BCUT2D eigenvalue weighted by Crippen LogP contribution is 2.34. The Balaban J connectivity index is 1.85. The molecule has 0 aromatic heterocycles. The SMILES string of the molecule is CCCOc1c(Br)cc(CNC(C)CCc2ccccc2)cc1Br. The molecule has 0 bridgehead atoms. The maximum absolute atomic E-state index is 5.77. The molecule has 1 atom stereocenters. The molecular formula is C20H25Br2NO. The van der Waals surface area contributed by atoms with Crippen molar-refractivity contribution in [3.8, 4) is 5.75 Å². The Morgan fingerprint density at radius 2 is 1.71 bits per heavy atom. The summed E-state index contributed by atoms with van der Waals surface area (Å²) in [4.78, 5) is 0. The lowest BCUT2D eigenvalue weighted by Crippen LogP contribution is -2.26. The minimum absolute atomic E-state index is 0.471. The minimum atomic E-state index is 0.471. The first-order chi connectivity index (χ1) is 11.6. The second-order valence-electron chi connectivity index (χ2n) is 6.04. The summed E-state index contributed by atoms with van der Waals surface area (Å²) in [6.45, 7) is 5.93. The van der Waals surface area contributed by atoms with Gasteiger partial charge in [-0.3, -0.25) is 0 Å². The van der Waals surface area contributed by atoms with E-state index in [0.29, 0.717) is 6.04 Å². The Bertz CT molecular complexity index is 608. The van der Waals surface area contributed by atoms with Gasteiger partial charge >= 0.3 is 0 Å². The van der Waals surface area contributed by atoms with Gasteiger partial charge in [0, 0.05) is 12.6 Å². The van der Waals surface area contributed by atoms with Gasteiger partial charge in [0.25, 0.3) is 0 Å². The molecule has 4 heteroatoms. The van der Waals surface area contributed by atoms with E-state index in [0.717, 1.165) is 47.1 Å². The molecule has 0 heterocycles. The predicted molar refractivity (Wildman–Crippen MR) is 109 cm³/mol. The molecule has 0 fully saturated rings. The first kappa shape index (κ1) is 19.5. The Morgan fingerprint density at radius 1 is 1.04 bits per heavy atom. The van der Waals surface area contributed by atoms with Crippen molar-refractivity contribution in [2.45, 2.75) is 45.7 Å². The van der Waals surface area contributed by atoms with Crippen molar-refractivity contribution in [2.24, 2.45) is 0 Å².